The average molecular weight is 295 g/mol. The van der Waals surface area contributed by atoms with E-state index in [-0.39, 0.29) is 12.4 Å². The molecule has 2 nitrogen and oxygen atoms in total. The molecule has 0 amide bonds. The number of rotatable bonds is 5. The van der Waals surface area contributed by atoms with E-state index < -0.39 is 0 Å². The van der Waals surface area contributed by atoms with E-state index in [2.05, 4.69) is 31.1 Å². The fourth-order valence-corrected chi connectivity index (χ4v) is 2.25. The molecule has 1 heterocycles. The maximum Gasteiger partial charge on any atom is 0.133 e. The molecule has 17 heavy (non-hydrogen) atoms. The summed E-state index contributed by atoms with van der Waals surface area (Å²) in [6.07, 6.45) is 1.71. The van der Waals surface area contributed by atoms with Crippen molar-refractivity contribution in [2.24, 2.45) is 0 Å². The van der Waals surface area contributed by atoms with Crippen LogP contribution >= 0.6 is 35.8 Å². The van der Waals surface area contributed by atoms with E-state index in [1.165, 1.54) is 0 Å². The van der Waals surface area contributed by atoms with Gasteiger partial charge in [-0.25, -0.2) is 4.98 Å². The van der Waals surface area contributed by atoms with Crippen LogP contribution in [0.3, 0.4) is 0 Å². The van der Waals surface area contributed by atoms with Crippen LogP contribution in [0.2, 0.25) is 5.15 Å². The maximum absolute atomic E-state index is 5.95. The number of hydrogen-bond donors (Lipinski definition) is 1. The molecular weight excluding hydrogens is 275 g/mol. The van der Waals surface area contributed by atoms with E-state index >= 15 is 0 Å². The van der Waals surface area contributed by atoms with Crippen molar-refractivity contribution in [1.82, 2.24) is 10.3 Å². The van der Waals surface area contributed by atoms with Gasteiger partial charge >= 0.3 is 0 Å². The lowest BCUT2D eigenvalue weighted by Crippen LogP contribution is -2.19. The minimum Gasteiger partial charge on any atom is -0.312 e. The Morgan fingerprint density at radius 3 is 2.71 bits per heavy atom. The molecule has 0 unspecified atom stereocenters. The van der Waals surface area contributed by atoms with Crippen LogP contribution in [0.15, 0.2) is 18.3 Å². The van der Waals surface area contributed by atoms with Crippen LogP contribution in [0.25, 0.3) is 0 Å². The molecule has 0 aromatic carbocycles. The Kier molecular flexibility index (Phi) is 8.22. The van der Waals surface area contributed by atoms with Gasteiger partial charge in [-0.3, -0.25) is 0 Å². The summed E-state index contributed by atoms with van der Waals surface area (Å²) in [5.41, 5.74) is 1.06. The fourth-order valence-electron chi connectivity index (χ4n) is 1.20. The molecule has 98 valence electrons. The fraction of sp³-hybridized carbons (Fsp3) is 0.583. The Morgan fingerprint density at radius 1 is 1.41 bits per heavy atom. The van der Waals surface area contributed by atoms with E-state index in [9.17, 15) is 0 Å². The van der Waals surface area contributed by atoms with E-state index in [0.29, 0.717) is 9.90 Å². The topological polar surface area (TPSA) is 24.9 Å². The Labute approximate surface area is 119 Å². The molecule has 5 heteroatoms. The van der Waals surface area contributed by atoms with Gasteiger partial charge in [0.25, 0.3) is 0 Å². The molecular formula is C12H20Cl2N2S. The first-order valence-electron chi connectivity index (χ1n) is 5.43. The van der Waals surface area contributed by atoms with Crippen molar-refractivity contribution in [2.75, 3.05) is 12.3 Å². The standard InChI is InChI=1S/C12H19ClN2S.ClH/c1-12(2,3)16-8-7-14-9-10-5-4-6-15-11(10)13;/h4-6,14H,7-9H2,1-3H3;1H. The minimum absolute atomic E-state index is 0. The van der Waals surface area contributed by atoms with E-state index in [1.54, 1.807) is 6.20 Å². The van der Waals surface area contributed by atoms with Gasteiger partial charge in [0.05, 0.1) is 0 Å². The lowest BCUT2D eigenvalue weighted by atomic mass is 10.3. The van der Waals surface area contributed by atoms with Gasteiger partial charge in [-0.05, 0) is 6.07 Å². The summed E-state index contributed by atoms with van der Waals surface area (Å²) in [4.78, 5) is 4.04. The van der Waals surface area contributed by atoms with Crippen molar-refractivity contribution < 1.29 is 0 Å². The van der Waals surface area contributed by atoms with Gasteiger partial charge in [-0.2, -0.15) is 11.8 Å². The number of pyridine rings is 1. The Hall–Kier alpha value is 0.0400. The summed E-state index contributed by atoms with van der Waals surface area (Å²) in [6, 6.07) is 3.91. The number of nitrogens with one attached hydrogen (secondary N) is 1. The van der Waals surface area contributed by atoms with Gasteiger partial charge in [0.15, 0.2) is 0 Å². The molecule has 0 spiro atoms. The molecule has 0 radical (unpaired) electrons. The molecule has 0 fully saturated rings. The molecule has 1 aromatic rings. The smallest absolute Gasteiger partial charge is 0.133 e. The van der Waals surface area contributed by atoms with Gasteiger partial charge in [0.1, 0.15) is 5.15 Å². The highest BCUT2D eigenvalue weighted by atomic mass is 35.5. The summed E-state index contributed by atoms with van der Waals surface area (Å²) in [6.45, 7) is 8.48. The number of halogens is 2. The first-order valence-corrected chi connectivity index (χ1v) is 6.79. The molecule has 0 aliphatic heterocycles. The highest BCUT2D eigenvalue weighted by Crippen LogP contribution is 2.22. The predicted octanol–water partition coefficient (Wildman–Crippen LogP) is 3.78. The predicted molar refractivity (Wildman–Crippen MR) is 80.4 cm³/mol. The lowest BCUT2D eigenvalue weighted by Gasteiger charge is -2.17. The van der Waals surface area contributed by atoms with E-state index in [0.717, 1.165) is 24.4 Å². The second kappa shape index (κ2) is 8.20. The molecule has 1 N–H and O–H groups in total. The first-order chi connectivity index (χ1) is 7.49. The van der Waals surface area contributed by atoms with E-state index in [4.69, 9.17) is 11.6 Å². The zero-order valence-corrected chi connectivity index (χ0v) is 12.9. The molecule has 0 saturated carbocycles. The third-order valence-corrected chi connectivity index (χ3v) is 3.58. The second-order valence-electron chi connectivity index (χ2n) is 4.59. The van der Waals surface area contributed by atoms with Gasteiger partial charge in [0.2, 0.25) is 0 Å². The highest BCUT2D eigenvalue weighted by Gasteiger charge is 2.09. The number of thioether (sulfide) groups is 1. The van der Waals surface area contributed by atoms with Crippen molar-refractivity contribution in [1.29, 1.82) is 0 Å². The second-order valence-corrected chi connectivity index (χ2v) is 6.87. The Balaban J connectivity index is 0.00000256. The molecule has 0 aliphatic carbocycles. The molecule has 0 bridgehead atoms. The summed E-state index contributed by atoms with van der Waals surface area (Å²) in [5, 5.41) is 3.97. The van der Waals surface area contributed by atoms with Crippen molar-refractivity contribution in [3.8, 4) is 0 Å². The Morgan fingerprint density at radius 2 is 2.12 bits per heavy atom. The first kappa shape index (κ1) is 17.0. The lowest BCUT2D eigenvalue weighted by molar-refractivity contribution is 0.724. The van der Waals surface area contributed by atoms with Crippen LogP contribution in [0.5, 0.6) is 0 Å². The zero-order chi connectivity index (χ0) is 12.0. The summed E-state index contributed by atoms with van der Waals surface area (Å²) in [5.74, 6) is 1.11. The number of aromatic nitrogens is 1. The molecule has 0 saturated heterocycles. The van der Waals surface area contributed by atoms with Crippen LogP contribution in [-0.4, -0.2) is 22.0 Å². The SMILES string of the molecule is CC(C)(C)SCCNCc1cccnc1Cl.Cl. The highest BCUT2D eigenvalue weighted by molar-refractivity contribution is 8.00. The van der Waals surface area contributed by atoms with Gasteiger partial charge < -0.3 is 5.32 Å². The molecule has 1 aromatic heterocycles. The van der Waals surface area contributed by atoms with Crippen LogP contribution in [-0.2, 0) is 6.54 Å². The van der Waals surface area contributed by atoms with Crippen molar-refractivity contribution in [2.45, 2.75) is 32.1 Å². The zero-order valence-electron chi connectivity index (χ0n) is 10.5. The summed E-state index contributed by atoms with van der Waals surface area (Å²) in [7, 11) is 0. The van der Waals surface area contributed by atoms with Crippen LogP contribution < -0.4 is 5.32 Å². The van der Waals surface area contributed by atoms with Crippen molar-refractivity contribution >= 4 is 35.8 Å². The molecule has 0 atom stereocenters. The van der Waals surface area contributed by atoms with Gasteiger partial charge in [-0.1, -0.05) is 38.4 Å². The van der Waals surface area contributed by atoms with E-state index in [1.807, 2.05) is 23.9 Å². The monoisotopic (exact) mass is 294 g/mol. The van der Waals surface area contributed by atoms with Gasteiger partial charge in [0, 0.05) is 35.3 Å². The maximum atomic E-state index is 5.95. The van der Waals surface area contributed by atoms with Gasteiger partial charge in [-0.15, -0.1) is 12.4 Å². The molecule has 1 rings (SSSR count). The summed E-state index contributed by atoms with van der Waals surface area (Å²) < 4.78 is 0.341. The average Bonchev–Trinajstić information content (AvgIpc) is 2.18. The number of hydrogen-bond acceptors (Lipinski definition) is 3. The van der Waals surface area contributed by atoms with Crippen LogP contribution in [0, 0.1) is 0 Å². The minimum atomic E-state index is 0. The number of nitrogens with zero attached hydrogens (tertiary/aromatic N) is 1. The normalized spacial score (nSPS) is 11.1. The van der Waals surface area contributed by atoms with Crippen LogP contribution in [0.1, 0.15) is 26.3 Å². The molecule has 0 aliphatic rings. The third kappa shape index (κ3) is 7.87. The quantitative estimate of drug-likeness (QED) is 0.661. The largest absolute Gasteiger partial charge is 0.312 e. The Bertz CT molecular complexity index is 327. The van der Waals surface area contributed by atoms with Crippen molar-refractivity contribution in [3.05, 3.63) is 29.0 Å². The van der Waals surface area contributed by atoms with Crippen molar-refractivity contribution in [3.63, 3.8) is 0 Å². The summed E-state index contributed by atoms with van der Waals surface area (Å²) >= 11 is 7.92. The van der Waals surface area contributed by atoms with Crippen LogP contribution in [0.4, 0.5) is 0 Å². The third-order valence-electron chi connectivity index (χ3n) is 1.97.